The van der Waals surface area contributed by atoms with Crippen LogP contribution in [0.3, 0.4) is 0 Å². The number of nitrogens with one attached hydrogen (secondary N) is 1. The molecule has 0 unspecified atom stereocenters. The Labute approximate surface area is 89.1 Å². The van der Waals surface area contributed by atoms with Gasteiger partial charge in [-0.1, -0.05) is 12.7 Å². The van der Waals surface area contributed by atoms with E-state index >= 15 is 0 Å². The average Bonchev–Trinajstić information content (AvgIpc) is 2.20. The summed E-state index contributed by atoms with van der Waals surface area (Å²) in [6.07, 6.45) is 2.35. The number of carbonyl (C=O) groups excluding carboxylic acids is 1. The number of ether oxygens (including phenoxy) is 1. The van der Waals surface area contributed by atoms with E-state index in [4.69, 9.17) is 9.84 Å². The fourth-order valence-electron chi connectivity index (χ4n) is 0.863. The molecule has 0 aliphatic rings. The summed E-state index contributed by atoms with van der Waals surface area (Å²) in [5.74, 6) is -1.19. The normalized spacial score (nSPS) is 11.8. The minimum absolute atomic E-state index is 0.220. The molecule has 0 aromatic carbocycles. The lowest BCUT2D eigenvalue weighted by Crippen LogP contribution is -2.34. The molecule has 0 heterocycles. The van der Waals surface area contributed by atoms with Gasteiger partial charge in [0.15, 0.2) is 0 Å². The monoisotopic (exact) mass is 215 g/mol. The molecule has 0 aliphatic carbocycles. The van der Waals surface area contributed by atoms with E-state index in [1.54, 1.807) is 6.92 Å². The predicted molar refractivity (Wildman–Crippen MR) is 55.5 cm³/mol. The molecule has 5 heteroatoms. The number of rotatable bonds is 8. The third-order valence-electron chi connectivity index (χ3n) is 1.74. The van der Waals surface area contributed by atoms with E-state index in [1.165, 1.54) is 6.08 Å². The highest BCUT2D eigenvalue weighted by molar-refractivity contribution is 5.72. The Morgan fingerprint density at radius 2 is 2.27 bits per heavy atom. The lowest BCUT2D eigenvalue weighted by Gasteiger charge is -2.08. The first-order valence-electron chi connectivity index (χ1n) is 4.80. The fraction of sp³-hybridized carbons (Fsp3) is 0.600. The van der Waals surface area contributed by atoms with Crippen molar-refractivity contribution in [2.45, 2.75) is 25.8 Å². The van der Waals surface area contributed by atoms with Gasteiger partial charge in [-0.2, -0.15) is 0 Å². The van der Waals surface area contributed by atoms with Crippen LogP contribution in [0.25, 0.3) is 0 Å². The summed E-state index contributed by atoms with van der Waals surface area (Å²) in [5, 5.41) is 11.3. The molecular formula is C10H17NO4. The van der Waals surface area contributed by atoms with Crippen molar-refractivity contribution in [3.05, 3.63) is 12.7 Å². The molecular weight excluding hydrogens is 198 g/mol. The van der Waals surface area contributed by atoms with Gasteiger partial charge in [0, 0.05) is 6.42 Å². The highest BCUT2D eigenvalue weighted by Gasteiger charge is 2.09. The Morgan fingerprint density at radius 3 is 2.80 bits per heavy atom. The molecule has 0 saturated carbocycles. The van der Waals surface area contributed by atoms with Crippen LogP contribution in [0.4, 0.5) is 0 Å². The molecule has 0 fully saturated rings. The third kappa shape index (κ3) is 7.69. The molecule has 1 atom stereocenters. The zero-order chi connectivity index (χ0) is 11.7. The van der Waals surface area contributed by atoms with E-state index in [0.717, 1.165) is 0 Å². The van der Waals surface area contributed by atoms with Crippen molar-refractivity contribution in [1.29, 1.82) is 0 Å². The molecule has 0 aliphatic heterocycles. The Morgan fingerprint density at radius 1 is 1.60 bits per heavy atom. The topological polar surface area (TPSA) is 75.6 Å². The highest BCUT2D eigenvalue weighted by Crippen LogP contribution is 1.92. The Kier molecular flexibility index (Phi) is 7.27. The number of hydrogen-bond donors (Lipinski definition) is 2. The first-order chi connectivity index (χ1) is 7.07. The molecule has 0 amide bonds. The van der Waals surface area contributed by atoms with Crippen LogP contribution in [-0.4, -0.2) is 36.2 Å². The van der Waals surface area contributed by atoms with Gasteiger partial charge in [-0.05, 0) is 19.9 Å². The van der Waals surface area contributed by atoms with Crippen LogP contribution in [-0.2, 0) is 14.3 Å². The van der Waals surface area contributed by atoms with Crippen molar-refractivity contribution in [3.63, 3.8) is 0 Å². The number of aliphatic carboxylic acids is 1. The van der Waals surface area contributed by atoms with Gasteiger partial charge < -0.3 is 15.2 Å². The minimum Gasteiger partial charge on any atom is -0.480 e. The van der Waals surface area contributed by atoms with Gasteiger partial charge in [0.1, 0.15) is 12.6 Å². The van der Waals surface area contributed by atoms with Gasteiger partial charge in [0.25, 0.3) is 0 Å². The molecule has 0 radical (unpaired) electrons. The summed E-state index contributed by atoms with van der Waals surface area (Å²) >= 11 is 0. The van der Waals surface area contributed by atoms with E-state index < -0.39 is 12.0 Å². The maximum Gasteiger partial charge on any atom is 0.320 e. The number of esters is 1. The van der Waals surface area contributed by atoms with Crippen molar-refractivity contribution in [2.75, 3.05) is 13.2 Å². The van der Waals surface area contributed by atoms with Gasteiger partial charge in [0.2, 0.25) is 0 Å². The minimum atomic E-state index is -0.899. The summed E-state index contributed by atoms with van der Waals surface area (Å²) in [4.78, 5) is 21.4. The average molecular weight is 215 g/mol. The summed E-state index contributed by atoms with van der Waals surface area (Å²) < 4.78 is 4.74. The molecule has 0 spiro atoms. The lowest BCUT2D eigenvalue weighted by atomic mass is 10.3. The van der Waals surface area contributed by atoms with Crippen LogP contribution in [0, 0.1) is 0 Å². The summed E-state index contributed by atoms with van der Waals surface area (Å²) in [5.41, 5.74) is 0. The van der Waals surface area contributed by atoms with Gasteiger partial charge in [-0.15, -0.1) is 0 Å². The maximum absolute atomic E-state index is 11.0. The molecule has 15 heavy (non-hydrogen) atoms. The predicted octanol–water partition coefficient (Wildman–Crippen LogP) is 0.558. The quantitative estimate of drug-likeness (QED) is 0.351. The van der Waals surface area contributed by atoms with Gasteiger partial charge >= 0.3 is 11.9 Å². The molecule has 0 aromatic heterocycles. The van der Waals surface area contributed by atoms with Gasteiger partial charge in [0.05, 0.1) is 0 Å². The van der Waals surface area contributed by atoms with Crippen LogP contribution >= 0.6 is 0 Å². The standard InChI is InChI=1S/C10H17NO4/c1-3-7-15-9(12)5-4-6-11-8(2)10(13)14/h3,8,11H,1,4-7H2,2H3,(H,13,14)/t8-/m0/s1. The summed E-state index contributed by atoms with van der Waals surface area (Å²) in [6, 6.07) is -0.589. The number of carbonyl (C=O) groups is 2. The van der Waals surface area contributed by atoms with E-state index in [9.17, 15) is 9.59 Å². The van der Waals surface area contributed by atoms with Gasteiger partial charge in [-0.3, -0.25) is 9.59 Å². The second kappa shape index (κ2) is 7.99. The van der Waals surface area contributed by atoms with Crippen LogP contribution in [0.5, 0.6) is 0 Å². The molecule has 0 aromatic rings. The molecule has 0 rings (SSSR count). The Balaban J connectivity index is 3.41. The molecule has 0 saturated heterocycles. The molecule has 2 N–H and O–H groups in total. The second-order valence-electron chi connectivity index (χ2n) is 3.09. The van der Waals surface area contributed by atoms with Crippen LogP contribution in [0.15, 0.2) is 12.7 Å². The summed E-state index contributed by atoms with van der Waals surface area (Å²) in [6.45, 7) is 5.67. The second-order valence-corrected chi connectivity index (χ2v) is 3.09. The smallest absolute Gasteiger partial charge is 0.320 e. The van der Waals surface area contributed by atoms with E-state index in [-0.39, 0.29) is 19.0 Å². The Hall–Kier alpha value is -1.36. The molecule has 5 nitrogen and oxygen atoms in total. The molecule has 0 bridgehead atoms. The van der Waals surface area contributed by atoms with Crippen molar-refractivity contribution < 1.29 is 19.4 Å². The number of hydrogen-bond acceptors (Lipinski definition) is 4. The van der Waals surface area contributed by atoms with E-state index in [0.29, 0.717) is 13.0 Å². The number of carboxylic acid groups (broad SMARTS) is 1. The zero-order valence-corrected chi connectivity index (χ0v) is 8.86. The van der Waals surface area contributed by atoms with Crippen LogP contribution in [0.2, 0.25) is 0 Å². The SMILES string of the molecule is C=CCOC(=O)CCCN[C@@H](C)C(=O)O. The van der Waals surface area contributed by atoms with E-state index in [1.807, 2.05) is 0 Å². The van der Waals surface area contributed by atoms with E-state index in [2.05, 4.69) is 11.9 Å². The van der Waals surface area contributed by atoms with Crippen molar-refractivity contribution in [1.82, 2.24) is 5.32 Å². The third-order valence-corrected chi connectivity index (χ3v) is 1.74. The van der Waals surface area contributed by atoms with Crippen LogP contribution < -0.4 is 5.32 Å². The Bertz CT molecular complexity index is 227. The van der Waals surface area contributed by atoms with Crippen molar-refractivity contribution >= 4 is 11.9 Å². The molecule has 86 valence electrons. The summed E-state index contributed by atoms with van der Waals surface area (Å²) in [7, 11) is 0. The largest absolute Gasteiger partial charge is 0.480 e. The first kappa shape index (κ1) is 13.6. The van der Waals surface area contributed by atoms with Gasteiger partial charge in [-0.25, -0.2) is 0 Å². The number of carboxylic acids is 1. The maximum atomic E-state index is 11.0. The van der Waals surface area contributed by atoms with Crippen molar-refractivity contribution in [2.24, 2.45) is 0 Å². The fourth-order valence-corrected chi connectivity index (χ4v) is 0.863. The lowest BCUT2D eigenvalue weighted by molar-refractivity contribution is -0.142. The van der Waals surface area contributed by atoms with Crippen molar-refractivity contribution in [3.8, 4) is 0 Å². The van der Waals surface area contributed by atoms with Crippen LogP contribution in [0.1, 0.15) is 19.8 Å². The highest BCUT2D eigenvalue weighted by atomic mass is 16.5. The zero-order valence-electron chi connectivity index (χ0n) is 8.86. The first-order valence-corrected chi connectivity index (χ1v) is 4.80.